The predicted molar refractivity (Wildman–Crippen MR) is 78.8 cm³/mol. The first-order valence-corrected chi connectivity index (χ1v) is 7.62. The molecule has 1 fully saturated rings. The lowest BCUT2D eigenvalue weighted by Crippen LogP contribution is -2.14. The van der Waals surface area contributed by atoms with Gasteiger partial charge in [0.15, 0.2) is 5.16 Å². The van der Waals surface area contributed by atoms with Crippen LogP contribution in [0, 0.1) is 6.92 Å². The number of amides is 1. The van der Waals surface area contributed by atoms with Crippen molar-refractivity contribution in [2.24, 2.45) is 0 Å². The van der Waals surface area contributed by atoms with Crippen LogP contribution in [0.25, 0.3) is 0 Å². The van der Waals surface area contributed by atoms with Crippen LogP contribution in [0.1, 0.15) is 24.7 Å². The van der Waals surface area contributed by atoms with Crippen LogP contribution in [0.3, 0.4) is 0 Å². The molecule has 0 aliphatic heterocycles. The second-order valence-electron chi connectivity index (χ2n) is 4.83. The number of aryl methyl sites for hydroxylation is 1. The molecule has 0 spiro atoms. The maximum atomic E-state index is 11.9. The molecule has 20 heavy (non-hydrogen) atoms. The number of nitrogens with one attached hydrogen (secondary N) is 1. The highest BCUT2D eigenvalue weighted by molar-refractivity contribution is 7.99. The number of carbonyl (C=O) groups excluding carboxylic acids is 1. The summed E-state index contributed by atoms with van der Waals surface area (Å²) in [7, 11) is 0. The molecule has 1 aromatic heterocycles. The molecular weight excluding hydrogens is 272 g/mol. The minimum atomic E-state index is -0.0239. The normalized spacial score (nSPS) is 14.2. The number of para-hydroxylation sites is 1. The minimum absolute atomic E-state index is 0.0239. The zero-order valence-corrected chi connectivity index (χ0v) is 12.1. The van der Waals surface area contributed by atoms with Gasteiger partial charge in [-0.05, 0) is 31.9 Å². The van der Waals surface area contributed by atoms with Crippen molar-refractivity contribution in [2.45, 2.75) is 31.0 Å². The second kappa shape index (κ2) is 5.66. The first-order valence-electron chi connectivity index (χ1n) is 6.63. The highest BCUT2D eigenvalue weighted by Crippen LogP contribution is 2.38. The first kappa shape index (κ1) is 13.2. The van der Waals surface area contributed by atoms with Crippen molar-refractivity contribution in [3.63, 3.8) is 0 Å². The van der Waals surface area contributed by atoms with Gasteiger partial charge < -0.3 is 9.88 Å². The average Bonchev–Trinajstić information content (AvgIpc) is 3.21. The summed E-state index contributed by atoms with van der Waals surface area (Å²) in [6, 6.07) is 10.0. The van der Waals surface area contributed by atoms with Gasteiger partial charge in [-0.25, -0.2) is 0 Å². The van der Waals surface area contributed by atoms with Crippen LogP contribution in [0.15, 0.2) is 35.5 Å². The van der Waals surface area contributed by atoms with E-state index in [-0.39, 0.29) is 5.91 Å². The van der Waals surface area contributed by atoms with Gasteiger partial charge in [0.25, 0.3) is 0 Å². The molecule has 0 saturated heterocycles. The van der Waals surface area contributed by atoms with Gasteiger partial charge in [0.2, 0.25) is 5.91 Å². The summed E-state index contributed by atoms with van der Waals surface area (Å²) in [6.07, 6.45) is 2.37. The van der Waals surface area contributed by atoms with Crippen molar-refractivity contribution in [3.8, 4) is 0 Å². The highest BCUT2D eigenvalue weighted by atomic mass is 32.2. The third-order valence-electron chi connectivity index (χ3n) is 3.14. The summed E-state index contributed by atoms with van der Waals surface area (Å²) in [5, 5.41) is 12.0. The number of anilines is 1. The molecule has 0 bridgehead atoms. The van der Waals surface area contributed by atoms with Crippen molar-refractivity contribution in [1.82, 2.24) is 14.8 Å². The van der Waals surface area contributed by atoms with E-state index in [4.69, 9.17) is 0 Å². The number of aromatic nitrogens is 3. The van der Waals surface area contributed by atoms with Gasteiger partial charge in [-0.1, -0.05) is 30.0 Å². The molecule has 0 radical (unpaired) electrons. The van der Waals surface area contributed by atoms with E-state index in [9.17, 15) is 4.79 Å². The van der Waals surface area contributed by atoms with E-state index in [1.54, 1.807) is 0 Å². The van der Waals surface area contributed by atoms with Gasteiger partial charge in [-0.2, -0.15) is 0 Å². The number of carbonyl (C=O) groups is 1. The molecule has 2 aromatic rings. The Labute approximate surface area is 121 Å². The van der Waals surface area contributed by atoms with Gasteiger partial charge in [-0.3, -0.25) is 4.79 Å². The predicted octanol–water partition coefficient (Wildman–Crippen LogP) is 2.65. The fraction of sp³-hybridized carbons (Fsp3) is 0.357. The molecule has 1 heterocycles. The molecule has 1 aliphatic rings. The third-order valence-corrected chi connectivity index (χ3v) is 4.08. The summed E-state index contributed by atoms with van der Waals surface area (Å²) in [6.45, 7) is 1.96. The van der Waals surface area contributed by atoms with Crippen LogP contribution in [-0.4, -0.2) is 26.4 Å². The van der Waals surface area contributed by atoms with Crippen LogP contribution in [0.4, 0.5) is 5.69 Å². The number of rotatable bonds is 5. The SMILES string of the molecule is Cc1nnc(SCC(=O)Nc2ccccc2)n1C1CC1. The molecule has 1 amide bonds. The van der Waals surface area contributed by atoms with Crippen LogP contribution in [0.5, 0.6) is 0 Å². The Kier molecular flexibility index (Phi) is 3.73. The molecule has 1 N–H and O–H groups in total. The zero-order chi connectivity index (χ0) is 13.9. The number of hydrogen-bond donors (Lipinski definition) is 1. The fourth-order valence-electron chi connectivity index (χ4n) is 2.05. The molecule has 0 atom stereocenters. The van der Waals surface area contributed by atoms with E-state index in [1.165, 1.54) is 24.6 Å². The standard InChI is InChI=1S/C14H16N4OS/c1-10-16-17-14(18(10)12-7-8-12)20-9-13(19)15-11-5-3-2-4-6-11/h2-6,12H,7-9H2,1H3,(H,15,19). The molecule has 3 rings (SSSR count). The molecular formula is C14H16N4OS. The Balaban J connectivity index is 1.58. The Morgan fingerprint density at radius 1 is 1.35 bits per heavy atom. The number of nitrogens with zero attached hydrogens (tertiary/aromatic N) is 3. The molecule has 5 nitrogen and oxygen atoms in total. The molecule has 1 aliphatic carbocycles. The molecule has 0 unspecified atom stereocenters. The summed E-state index contributed by atoms with van der Waals surface area (Å²) in [5.74, 6) is 1.25. The average molecular weight is 288 g/mol. The van der Waals surface area contributed by atoms with Crippen molar-refractivity contribution in [3.05, 3.63) is 36.2 Å². The van der Waals surface area contributed by atoms with E-state index < -0.39 is 0 Å². The zero-order valence-electron chi connectivity index (χ0n) is 11.2. The van der Waals surface area contributed by atoms with E-state index in [0.29, 0.717) is 11.8 Å². The van der Waals surface area contributed by atoms with Gasteiger partial charge in [0, 0.05) is 11.7 Å². The number of hydrogen-bond acceptors (Lipinski definition) is 4. The maximum absolute atomic E-state index is 11.9. The van der Waals surface area contributed by atoms with Crippen molar-refractivity contribution in [2.75, 3.05) is 11.1 Å². The van der Waals surface area contributed by atoms with Gasteiger partial charge in [0.05, 0.1) is 5.75 Å². The van der Waals surface area contributed by atoms with Crippen LogP contribution >= 0.6 is 11.8 Å². The quantitative estimate of drug-likeness (QED) is 0.859. The van der Waals surface area contributed by atoms with E-state index >= 15 is 0 Å². The van der Waals surface area contributed by atoms with E-state index in [2.05, 4.69) is 20.1 Å². The fourth-order valence-corrected chi connectivity index (χ4v) is 2.90. The summed E-state index contributed by atoms with van der Waals surface area (Å²) in [4.78, 5) is 11.9. The lowest BCUT2D eigenvalue weighted by molar-refractivity contribution is -0.113. The van der Waals surface area contributed by atoms with Crippen molar-refractivity contribution in [1.29, 1.82) is 0 Å². The topological polar surface area (TPSA) is 59.8 Å². The first-order chi connectivity index (χ1) is 9.74. The Hall–Kier alpha value is -1.82. The van der Waals surface area contributed by atoms with Crippen LogP contribution < -0.4 is 5.32 Å². The summed E-state index contributed by atoms with van der Waals surface area (Å²) >= 11 is 1.44. The van der Waals surface area contributed by atoms with Gasteiger partial charge in [0.1, 0.15) is 5.82 Å². The summed E-state index contributed by atoms with van der Waals surface area (Å²) in [5.41, 5.74) is 0.818. The Morgan fingerprint density at radius 3 is 2.80 bits per heavy atom. The molecule has 104 valence electrons. The van der Waals surface area contributed by atoms with Crippen LogP contribution in [0.2, 0.25) is 0 Å². The number of thioether (sulfide) groups is 1. The number of benzene rings is 1. The molecule has 6 heteroatoms. The van der Waals surface area contributed by atoms with Gasteiger partial charge in [-0.15, -0.1) is 10.2 Å². The van der Waals surface area contributed by atoms with Crippen molar-refractivity contribution >= 4 is 23.4 Å². The highest BCUT2D eigenvalue weighted by Gasteiger charge is 2.28. The smallest absolute Gasteiger partial charge is 0.234 e. The lowest BCUT2D eigenvalue weighted by atomic mass is 10.3. The lowest BCUT2D eigenvalue weighted by Gasteiger charge is -2.07. The Bertz CT molecular complexity index is 607. The van der Waals surface area contributed by atoms with Crippen molar-refractivity contribution < 1.29 is 4.79 Å². The molecule has 1 saturated carbocycles. The Morgan fingerprint density at radius 2 is 2.10 bits per heavy atom. The minimum Gasteiger partial charge on any atom is -0.325 e. The summed E-state index contributed by atoms with van der Waals surface area (Å²) < 4.78 is 2.14. The largest absolute Gasteiger partial charge is 0.325 e. The van der Waals surface area contributed by atoms with E-state index in [1.807, 2.05) is 37.3 Å². The molecule has 1 aromatic carbocycles. The second-order valence-corrected chi connectivity index (χ2v) is 5.78. The third kappa shape index (κ3) is 3.01. The monoisotopic (exact) mass is 288 g/mol. The maximum Gasteiger partial charge on any atom is 0.234 e. The van der Waals surface area contributed by atoms with Gasteiger partial charge >= 0.3 is 0 Å². The van der Waals surface area contributed by atoms with E-state index in [0.717, 1.165) is 16.7 Å². The van der Waals surface area contributed by atoms with Crippen LogP contribution in [-0.2, 0) is 4.79 Å².